The molecular formula is C83H138O17P2. The Hall–Kier alpha value is -5.06. The lowest BCUT2D eigenvalue weighted by molar-refractivity contribution is -0.161. The van der Waals surface area contributed by atoms with Gasteiger partial charge in [0.1, 0.15) is 19.3 Å². The van der Waals surface area contributed by atoms with Crippen molar-refractivity contribution in [3.05, 3.63) is 146 Å². The Morgan fingerprint density at radius 2 is 0.520 bits per heavy atom. The van der Waals surface area contributed by atoms with Crippen molar-refractivity contribution in [3.8, 4) is 0 Å². The Balaban J connectivity index is 5.43. The van der Waals surface area contributed by atoms with Crippen molar-refractivity contribution in [1.29, 1.82) is 0 Å². The molecule has 0 saturated heterocycles. The number of ether oxygens (including phenoxy) is 4. The third-order valence-electron chi connectivity index (χ3n) is 15.8. The number of aliphatic hydroxyl groups excluding tert-OH is 1. The van der Waals surface area contributed by atoms with Gasteiger partial charge in [-0.1, -0.05) is 276 Å². The van der Waals surface area contributed by atoms with Gasteiger partial charge in [0.15, 0.2) is 12.2 Å². The second-order valence-corrected chi connectivity index (χ2v) is 28.4. The first-order valence-electron chi connectivity index (χ1n) is 39.1. The lowest BCUT2D eigenvalue weighted by Crippen LogP contribution is -2.30. The fraction of sp³-hybridized carbons (Fsp3) is 0.663. The maximum absolute atomic E-state index is 13.1. The summed E-state index contributed by atoms with van der Waals surface area (Å²) in [4.78, 5) is 72.9. The molecule has 0 spiro atoms. The minimum Gasteiger partial charge on any atom is -0.462 e. The van der Waals surface area contributed by atoms with Gasteiger partial charge < -0.3 is 33.8 Å². The highest BCUT2D eigenvalue weighted by Gasteiger charge is 2.30. The molecule has 3 N–H and O–H groups in total. The summed E-state index contributed by atoms with van der Waals surface area (Å²) in [7, 11) is -9.99. The smallest absolute Gasteiger partial charge is 0.462 e. The minimum atomic E-state index is -5.00. The number of hydrogen-bond acceptors (Lipinski definition) is 15. The highest BCUT2D eigenvalue weighted by Crippen LogP contribution is 2.45. The molecule has 0 amide bonds. The molecule has 0 aromatic heterocycles. The molecule has 0 aromatic rings. The zero-order valence-corrected chi connectivity index (χ0v) is 65.3. The van der Waals surface area contributed by atoms with Crippen LogP contribution < -0.4 is 0 Å². The van der Waals surface area contributed by atoms with Gasteiger partial charge in [0.05, 0.1) is 26.4 Å². The first-order valence-corrected chi connectivity index (χ1v) is 42.1. The number of esters is 4. The van der Waals surface area contributed by atoms with Crippen LogP contribution in [0.15, 0.2) is 146 Å². The van der Waals surface area contributed by atoms with Crippen LogP contribution in [0.5, 0.6) is 0 Å². The zero-order valence-electron chi connectivity index (χ0n) is 63.5. The molecule has 0 heterocycles. The van der Waals surface area contributed by atoms with Gasteiger partial charge in [-0.3, -0.25) is 37.3 Å². The van der Waals surface area contributed by atoms with Crippen molar-refractivity contribution in [2.75, 3.05) is 39.6 Å². The Morgan fingerprint density at radius 3 is 0.863 bits per heavy atom. The number of hydrogen-bond donors (Lipinski definition) is 3. The van der Waals surface area contributed by atoms with Gasteiger partial charge in [-0.05, 0) is 141 Å². The second-order valence-electron chi connectivity index (χ2n) is 25.5. The topological polar surface area (TPSA) is 237 Å². The number of phosphoric acid groups is 2. The molecule has 0 aromatic carbocycles. The van der Waals surface area contributed by atoms with E-state index in [1.165, 1.54) is 57.8 Å². The van der Waals surface area contributed by atoms with Gasteiger partial charge in [0.2, 0.25) is 0 Å². The van der Waals surface area contributed by atoms with Gasteiger partial charge in [0.25, 0.3) is 0 Å². The van der Waals surface area contributed by atoms with Crippen LogP contribution in [0.25, 0.3) is 0 Å². The van der Waals surface area contributed by atoms with Crippen molar-refractivity contribution in [1.82, 2.24) is 0 Å². The molecule has 0 rings (SSSR count). The lowest BCUT2D eigenvalue weighted by atomic mass is 10.1. The Labute approximate surface area is 617 Å². The molecule has 0 aliphatic heterocycles. The molecule has 0 aliphatic carbocycles. The molecule has 5 atom stereocenters. The van der Waals surface area contributed by atoms with Gasteiger partial charge in [-0.25, -0.2) is 9.13 Å². The highest BCUT2D eigenvalue weighted by molar-refractivity contribution is 7.47. The first kappa shape index (κ1) is 96.9. The largest absolute Gasteiger partial charge is 0.472 e. The third kappa shape index (κ3) is 73.3. The maximum atomic E-state index is 13.1. The molecule has 5 unspecified atom stereocenters. The summed E-state index contributed by atoms with van der Waals surface area (Å²) in [6.45, 7) is 4.48. The van der Waals surface area contributed by atoms with Crippen LogP contribution in [0, 0.1) is 0 Å². The number of phosphoric ester groups is 2. The van der Waals surface area contributed by atoms with Crippen LogP contribution in [0.3, 0.4) is 0 Å². The van der Waals surface area contributed by atoms with Gasteiger partial charge in [-0.2, -0.15) is 0 Å². The molecule has 0 saturated carbocycles. The van der Waals surface area contributed by atoms with Gasteiger partial charge in [-0.15, -0.1) is 0 Å². The number of rotatable bonds is 72. The van der Waals surface area contributed by atoms with Crippen LogP contribution in [-0.4, -0.2) is 96.7 Å². The van der Waals surface area contributed by atoms with Crippen LogP contribution >= 0.6 is 15.6 Å². The van der Waals surface area contributed by atoms with Crippen LogP contribution in [-0.2, 0) is 65.4 Å². The monoisotopic (exact) mass is 1470 g/mol. The fourth-order valence-electron chi connectivity index (χ4n) is 9.90. The van der Waals surface area contributed by atoms with E-state index in [0.29, 0.717) is 32.1 Å². The number of allylic oxidation sites excluding steroid dienone is 24. The highest BCUT2D eigenvalue weighted by atomic mass is 31.2. The fourth-order valence-corrected chi connectivity index (χ4v) is 11.5. The average Bonchev–Trinajstić information content (AvgIpc) is 0.927. The van der Waals surface area contributed by atoms with Crippen molar-refractivity contribution in [2.45, 2.75) is 316 Å². The molecule has 17 nitrogen and oxygen atoms in total. The molecular weight excluding hydrogens is 1330 g/mol. The van der Waals surface area contributed by atoms with E-state index in [0.717, 1.165) is 154 Å². The van der Waals surface area contributed by atoms with Crippen LogP contribution in [0.1, 0.15) is 297 Å². The first-order chi connectivity index (χ1) is 49.7. The normalized spacial score (nSPS) is 14.7. The summed E-state index contributed by atoms with van der Waals surface area (Å²) in [5, 5.41) is 10.6. The summed E-state index contributed by atoms with van der Waals surface area (Å²) in [5.74, 6) is -2.31. The van der Waals surface area contributed by atoms with E-state index in [1.807, 2.05) is 12.2 Å². The van der Waals surface area contributed by atoms with Crippen LogP contribution in [0.4, 0.5) is 0 Å². The zero-order chi connectivity index (χ0) is 74.6. The van der Waals surface area contributed by atoms with E-state index in [2.05, 4.69) is 161 Å². The van der Waals surface area contributed by atoms with Crippen molar-refractivity contribution in [2.24, 2.45) is 0 Å². The Kier molecular flexibility index (Phi) is 70.5. The number of aliphatic hydroxyl groups is 1. The van der Waals surface area contributed by atoms with E-state index in [4.69, 9.17) is 37.0 Å². The quantitative estimate of drug-likeness (QED) is 0.0169. The van der Waals surface area contributed by atoms with Crippen molar-refractivity contribution in [3.63, 3.8) is 0 Å². The predicted octanol–water partition coefficient (Wildman–Crippen LogP) is 22.7. The summed E-state index contributed by atoms with van der Waals surface area (Å²) >= 11 is 0. The number of carbonyl (C=O) groups is 4. The predicted molar refractivity (Wildman–Crippen MR) is 417 cm³/mol. The van der Waals surface area contributed by atoms with E-state index in [1.54, 1.807) is 0 Å². The molecule has 0 radical (unpaired) electrons. The molecule has 0 bridgehead atoms. The molecule has 19 heteroatoms. The molecule has 0 fully saturated rings. The SMILES string of the molecule is CC/C=C\C/C=C\C/C=C\C/C=C\C/C=C\CCCC(=O)OC(COC(=O)CCCCCCCC/C=C\C/C=C\C/C=C\CCCCC)COP(=O)(O)OCC(O)COP(=O)(O)OCC(COC(=O)CCCC/C=C\C/C=C\C/C=C\C/C=C\CC)OC(=O)CCCCCCCCCCCCC. The van der Waals surface area contributed by atoms with E-state index in [-0.39, 0.29) is 25.7 Å². The Bertz CT molecular complexity index is 2510. The van der Waals surface area contributed by atoms with Crippen LogP contribution in [0.2, 0.25) is 0 Å². The van der Waals surface area contributed by atoms with Gasteiger partial charge in [0, 0.05) is 25.7 Å². The summed E-state index contributed by atoms with van der Waals surface area (Å²) in [6.07, 6.45) is 84.2. The molecule has 582 valence electrons. The average molecular weight is 1470 g/mol. The Morgan fingerprint density at radius 1 is 0.284 bits per heavy atom. The molecule has 0 aliphatic rings. The molecule has 102 heavy (non-hydrogen) atoms. The summed E-state index contributed by atoms with van der Waals surface area (Å²) in [5.41, 5.74) is 0. The van der Waals surface area contributed by atoms with E-state index >= 15 is 0 Å². The number of unbranched alkanes of at least 4 members (excludes halogenated alkanes) is 22. The van der Waals surface area contributed by atoms with E-state index in [9.17, 15) is 43.2 Å². The minimum absolute atomic E-state index is 0.00893. The third-order valence-corrected chi connectivity index (χ3v) is 17.7. The summed E-state index contributed by atoms with van der Waals surface area (Å²) < 4.78 is 68.4. The van der Waals surface area contributed by atoms with E-state index < -0.39 is 97.5 Å². The lowest BCUT2D eigenvalue weighted by Gasteiger charge is -2.21. The van der Waals surface area contributed by atoms with Crippen molar-refractivity contribution < 1.29 is 80.2 Å². The van der Waals surface area contributed by atoms with Crippen molar-refractivity contribution >= 4 is 39.5 Å². The number of carbonyl (C=O) groups excluding carboxylic acids is 4. The summed E-state index contributed by atoms with van der Waals surface area (Å²) in [6, 6.07) is 0. The maximum Gasteiger partial charge on any atom is 0.472 e. The standard InChI is InChI=1S/C83H138O17P2/c1-5-9-13-17-21-25-29-32-35-37-38-40-42-45-49-52-56-60-64-68-81(86)94-74-79(100-83(88)70-66-62-58-54-50-46-43-39-36-33-30-26-22-18-14-10-6-2)76-98-102(91,92)96-72-77(84)71-95-101(89,90)97-75-78(99-82(87)69-65-61-57-53-47-28-24-20-16-12-8-4)73-93-80(85)67-63-59-55-51-48-44-41-34-31-27-23-19-15-11-7-3/h10-11,14-15,21-23,25-27,32-36,38,40-41,43,46,48,51,54,58,77-79,84H,5-9,12-13,16-20,24,28-31,37,39,42,44-45,47,49-50,52-53,55-57,59-76H2,1-4H3,(H,89,90)(H,91,92)/b14-10-,15-11-,25-21-,26-22-,27-23-,35-32-,36-33-,40-38-,41-34-,46-43-,51-48-,58-54-. The van der Waals surface area contributed by atoms with Gasteiger partial charge >= 0.3 is 39.5 Å². The second kappa shape index (κ2) is 74.2.